The quantitative estimate of drug-likeness (QED) is 0.765. The molecule has 0 bridgehead atoms. The summed E-state index contributed by atoms with van der Waals surface area (Å²) in [6.07, 6.45) is -0.0522. The number of hydrogen-bond acceptors (Lipinski definition) is 2. The van der Waals surface area contributed by atoms with Crippen LogP contribution >= 0.6 is 23.2 Å². The van der Waals surface area contributed by atoms with E-state index in [1.807, 2.05) is 62.4 Å². The SMILES string of the molecule is CC1C(c2ccccc2Cl)OC(c2ccccc2Cl)CC1(C)O. The summed E-state index contributed by atoms with van der Waals surface area (Å²) in [5.41, 5.74) is 0.934. The summed E-state index contributed by atoms with van der Waals surface area (Å²) >= 11 is 12.7. The van der Waals surface area contributed by atoms with Gasteiger partial charge in [-0.3, -0.25) is 0 Å². The summed E-state index contributed by atoms with van der Waals surface area (Å²) in [5.74, 6) is -0.0823. The Morgan fingerprint density at radius 2 is 1.52 bits per heavy atom. The van der Waals surface area contributed by atoms with Crippen molar-refractivity contribution in [2.24, 2.45) is 5.92 Å². The maximum atomic E-state index is 10.9. The summed E-state index contributed by atoms with van der Waals surface area (Å²) in [7, 11) is 0. The molecule has 23 heavy (non-hydrogen) atoms. The van der Waals surface area contributed by atoms with Crippen LogP contribution in [-0.2, 0) is 4.74 Å². The molecule has 2 aromatic rings. The van der Waals surface area contributed by atoms with Crippen LogP contribution in [0.2, 0.25) is 10.0 Å². The van der Waals surface area contributed by atoms with Gasteiger partial charge in [0.2, 0.25) is 0 Å². The number of ether oxygens (including phenoxy) is 1. The van der Waals surface area contributed by atoms with E-state index in [4.69, 9.17) is 27.9 Å². The average Bonchev–Trinajstić information content (AvgIpc) is 2.51. The zero-order chi connectivity index (χ0) is 16.6. The number of halogens is 2. The van der Waals surface area contributed by atoms with Gasteiger partial charge in [-0.05, 0) is 30.2 Å². The minimum absolute atomic E-state index is 0.0823. The first-order valence-corrected chi connectivity index (χ1v) is 8.52. The summed E-state index contributed by atoms with van der Waals surface area (Å²) < 4.78 is 6.34. The second-order valence-electron chi connectivity index (χ2n) is 6.44. The van der Waals surface area contributed by atoms with Crippen LogP contribution in [0.1, 0.15) is 43.6 Å². The van der Waals surface area contributed by atoms with Crippen molar-refractivity contribution in [1.29, 1.82) is 0 Å². The molecule has 2 aromatic carbocycles. The molecule has 4 atom stereocenters. The van der Waals surface area contributed by atoms with Crippen LogP contribution in [-0.4, -0.2) is 10.7 Å². The summed E-state index contributed by atoms with van der Waals surface area (Å²) in [4.78, 5) is 0. The minimum Gasteiger partial charge on any atom is -0.390 e. The van der Waals surface area contributed by atoms with Gasteiger partial charge in [0.05, 0.1) is 17.8 Å². The molecule has 4 heteroatoms. The fraction of sp³-hybridized carbons (Fsp3) is 0.368. The molecule has 122 valence electrons. The fourth-order valence-electron chi connectivity index (χ4n) is 3.20. The molecule has 1 N–H and O–H groups in total. The lowest BCUT2D eigenvalue weighted by Crippen LogP contribution is -2.44. The third-order valence-electron chi connectivity index (χ3n) is 4.81. The lowest BCUT2D eigenvalue weighted by molar-refractivity contribution is -0.178. The molecule has 1 saturated heterocycles. The largest absolute Gasteiger partial charge is 0.390 e. The van der Waals surface area contributed by atoms with Gasteiger partial charge in [0, 0.05) is 22.4 Å². The monoisotopic (exact) mass is 350 g/mol. The second kappa shape index (κ2) is 6.45. The number of rotatable bonds is 2. The van der Waals surface area contributed by atoms with Crippen molar-refractivity contribution >= 4 is 23.2 Å². The maximum Gasteiger partial charge on any atom is 0.0900 e. The Hall–Kier alpha value is -1.06. The zero-order valence-corrected chi connectivity index (χ0v) is 14.7. The molecule has 1 fully saturated rings. The highest BCUT2D eigenvalue weighted by Crippen LogP contribution is 2.49. The van der Waals surface area contributed by atoms with Crippen molar-refractivity contribution in [3.05, 3.63) is 69.7 Å². The molecule has 1 heterocycles. The van der Waals surface area contributed by atoms with Gasteiger partial charge in [-0.25, -0.2) is 0 Å². The summed E-state index contributed by atoms with van der Waals surface area (Å²) in [6, 6.07) is 15.2. The van der Waals surface area contributed by atoms with Crippen molar-refractivity contribution in [2.45, 2.75) is 38.1 Å². The van der Waals surface area contributed by atoms with E-state index in [0.717, 1.165) is 11.1 Å². The Labute approximate surface area is 147 Å². The number of benzene rings is 2. The van der Waals surface area contributed by atoms with Crippen molar-refractivity contribution < 1.29 is 9.84 Å². The van der Waals surface area contributed by atoms with Crippen LogP contribution in [0.4, 0.5) is 0 Å². The molecular formula is C19H20Cl2O2. The van der Waals surface area contributed by atoms with Crippen LogP contribution in [0.15, 0.2) is 48.5 Å². The Morgan fingerprint density at radius 1 is 1.00 bits per heavy atom. The molecule has 0 spiro atoms. The van der Waals surface area contributed by atoms with Gasteiger partial charge in [-0.15, -0.1) is 0 Å². The molecule has 3 rings (SSSR count). The molecule has 0 aliphatic carbocycles. The lowest BCUT2D eigenvalue weighted by atomic mass is 9.76. The third kappa shape index (κ3) is 3.27. The molecule has 0 radical (unpaired) electrons. The van der Waals surface area contributed by atoms with E-state index in [2.05, 4.69) is 0 Å². The van der Waals surface area contributed by atoms with E-state index in [-0.39, 0.29) is 18.1 Å². The lowest BCUT2D eigenvalue weighted by Gasteiger charge is -2.45. The smallest absolute Gasteiger partial charge is 0.0900 e. The molecule has 2 nitrogen and oxygen atoms in total. The first-order chi connectivity index (χ1) is 10.9. The van der Waals surface area contributed by atoms with Crippen LogP contribution in [0.3, 0.4) is 0 Å². The highest BCUT2D eigenvalue weighted by molar-refractivity contribution is 6.31. The molecule has 1 aliphatic heterocycles. The molecule has 4 unspecified atom stereocenters. The van der Waals surface area contributed by atoms with Crippen molar-refractivity contribution in [1.82, 2.24) is 0 Å². The Balaban J connectivity index is 2.00. The normalized spacial score (nSPS) is 31.1. The number of hydrogen-bond donors (Lipinski definition) is 1. The van der Waals surface area contributed by atoms with Crippen molar-refractivity contribution in [3.63, 3.8) is 0 Å². The van der Waals surface area contributed by atoms with Crippen LogP contribution in [0.5, 0.6) is 0 Å². The van der Waals surface area contributed by atoms with Gasteiger partial charge in [-0.2, -0.15) is 0 Å². The molecular weight excluding hydrogens is 331 g/mol. The van der Waals surface area contributed by atoms with Gasteiger partial charge in [0.1, 0.15) is 0 Å². The second-order valence-corrected chi connectivity index (χ2v) is 7.25. The minimum atomic E-state index is -0.869. The first-order valence-electron chi connectivity index (χ1n) is 7.77. The summed E-state index contributed by atoms with van der Waals surface area (Å²) in [6.45, 7) is 3.85. The van der Waals surface area contributed by atoms with E-state index in [1.54, 1.807) is 0 Å². The molecule has 0 amide bonds. The van der Waals surface area contributed by atoms with Gasteiger partial charge in [-0.1, -0.05) is 66.5 Å². The van der Waals surface area contributed by atoms with E-state index in [0.29, 0.717) is 16.5 Å². The van der Waals surface area contributed by atoms with E-state index in [1.165, 1.54) is 0 Å². The van der Waals surface area contributed by atoms with E-state index < -0.39 is 5.60 Å². The summed E-state index contributed by atoms with van der Waals surface area (Å²) in [5, 5.41) is 12.2. The van der Waals surface area contributed by atoms with Crippen molar-refractivity contribution in [2.75, 3.05) is 0 Å². The molecule has 0 saturated carbocycles. The van der Waals surface area contributed by atoms with Crippen LogP contribution in [0.25, 0.3) is 0 Å². The first kappa shape index (κ1) is 16.8. The van der Waals surface area contributed by atoms with Gasteiger partial charge >= 0.3 is 0 Å². The molecule has 1 aliphatic rings. The number of aliphatic hydroxyl groups is 1. The maximum absolute atomic E-state index is 10.9. The highest BCUT2D eigenvalue weighted by atomic mass is 35.5. The third-order valence-corrected chi connectivity index (χ3v) is 5.50. The Morgan fingerprint density at radius 3 is 2.09 bits per heavy atom. The van der Waals surface area contributed by atoms with Gasteiger partial charge in [0.25, 0.3) is 0 Å². The predicted molar refractivity (Wildman–Crippen MR) is 93.9 cm³/mol. The average molecular weight is 351 g/mol. The van der Waals surface area contributed by atoms with E-state index in [9.17, 15) is 5.11 Å². The van der Waals surface area contributed by atoms with E-state index >= 15 is 0 Å². The fourth-order valence-corrected chi connectivity index (χ4v) is 3.70. The zero-order valence-electron chi connectivity index (χ0n) is 13.2. The predicted octanol–water partition coefficient (Wildman–Crippen LogP) is 5.58. The Kier molecular flexibility index (Phi) is 4.70. The Bertz CT molecular complexity index is 699. The molecule has 0 aromatic heterocycles. The topological polar surface area (TPSA) is 29.5 Å². The van der Waals surface area contributed by atoms with Crippen LogP contribution < -0.4 is 0 Å². The standard InChI is InChI=1S/C19H20Cl2O2/c1-12-18(14-8-4-6-10-16(14)21)23-17(11-19(12,2)22)13-7-3-5-9-15(13)20/h3-10,12,17-18,22H,11H2,1-2H3. The van der Waals surface area contributed by atoms with Gasteiger partial charge < -0.3 is 9.84 Å². The highest BCUT2D eigenvalue weighted by Gasteiger charge is 2.44. The van der Waals surface area contributed by atoms with Crippen molar-refractivity contribution in [3.8, 4) is 0 Å². The van der Waals surface area contributed by atoms with Crippen LogP contribution in [0, 0.1) is 5.92 Å². The van der Waals surface area contributed by atoms with Gasteiger partial charge in [0.15, 0.2) is 0 Å².